The molecule has 0 atom stereocenters. The van der Waals surface area contributed by atoms with Gasteiger partial charge < -0.3 is 15.3 Å². The summed E-state index contributed by atoms with van der Waals surface area (Å²) < 4.78 is 0. The number of piperidine rings is 1. The van der Waals surface area contributed by atoms with Crippen LogP contribution in [-0.4, -0.2) is 29.2 Å². The highest BCUT2D eigenvalue weighted by Crippen LogP contribution is 2.28. The van der Waals surface area contributed by atoms with E-state index in [1.54, 1.807) is 11.3 Å². The van der Waals surface area contributed by atoms with E-state index in [0.29, 0.717) is 11.1 Å². The summed E-state index contributed by atoms with van der Waals surface area (Å²) in [5.74, 6) is 0. The molecule has 0 amide bonds. The van der Waals surface area contributed by atoms with Crippen LogP contribution in [0.4, 0.5) is 10.8 Å². The molecule has 1 aromatic carbocycles. The minimum absolute atomic E-state index is 0.0354. The number of benzene rings is 1. The molecule has 2 heterocycles. The topological polar surface area (TPSA) is 48.4 Å². The number of aliphatic hydroxyl groups is 1. The molecule has 4 nitrogen and oxygen atoms in total. The van der Waals surface area contributed by atoms with Gasteiger partial charge in [-0.15, -0.1) is 11.3 Å². The molecule has 0 unspecified atom stereocenters. The molecule has 118 valence electrons. The Hall–Kier alpha value is -1.30. The number of rotatable bonds is 4. The summed E-state index contributed by atoms with van der Waals surface area (Å²) >= 11 is 7.95. The van der Waals surface area contributed by atoms with Gasteiger partial charge in [-0.05, 0) is 37.5 Å². The number of aryl methyl sites for hydroxylation is 1. The van der Waals surface area contributed by atoms with Crippen molar-refractivity contribution in [2.45, 2.75) is 32.4 Å². The molecule has 0 bridgehead atoms. The van der Waals surface area contributed by atoms with Crippen molar-refractivity contribution in [2.75, 3.05) is 23.3 Å². The van der Waals surface area contributed by atoms with E-state index in [4.69, 9.17) is 11.6 Å². The lowest BCUT2D eigenvalue weighted by atomic mass is 10.0. The average Bonchev–Trinajstić information content (AvgIpc) is 2.97. The van der Waals surface area contributed by atoms with Crippen molar-refractivity contribution in [1.82, 2.24) is 4.98 Å². The molecule has 22 heavy (non-hydrogen) atoms. The lowest BCUT2D eigenvalue weighted by Gasteiger charge is -2.33. The molecule has 0 aliphatic carbocycles. The molecule has 1 aromatic heterocycles. The fourth-order valence-corrected chi connectivity index (χ4v) is 3.73. The molecule has 0 saturated carbocycles. The predicted octanol–water partition coefficient (Wildman–Crippen LogP) is 3.68. The molecule has 0 radical (unpaired) electrons. The summed E-state index contributed by atoms with van der Waals surface area (Å²) in [4.78, 5) is 6.90. The van der Waals surface area contributed by atoms with E-state index >= 15 is 0 Å². The maximum atomic E-state index is 9.24. The zero-order chi connectivity index (χ0) is 15.5. The van der Waals surface area contributed by atoms with Crippen LogP contribution in [0.1, 0.15) is 24.1 Å². The van der Waals surface area contributed by atoms with Crippen LogP contribution in [0.25, 0.3) is 0 Å². The van der Waals surface area contributed by atoms with Gasteiger partial charge in [-0.25, -0.2) is 4.98 Å². The van der Waals surface area contributed by atoms with Crippen molar-refractivity contribution in [3.8, 4) is 0 Å². The van der Waals surface area contributed by atoms with Gasteiger partial charge in [0.25, 0.3) is 0 Å². The number of hydrogen-bond donors (Lipinski definition) is 2. The summed E-state index contributed by atoms with van der Waals surface area (Å²) in [7, 11) is 0. The average molecular weight is 338 g/mol. The van der Waals surface area contributed by atoms with Crippen molar-refractivity contribution in [3.05, 3.63) is 39.9 Å². The van der Waals surface area contributed by atoms with E-state index < -0.39 is 0 Å². The SMILES string of the molecule is Cc1csc(N2CCC(Nc3cc(CO)ccc3Cl)CC2)n1. The van der Waals surface area contributed by atoms with Gasteiger partial charge in [0.05, 0.1) is 23.0 Å². The number of nitrogens with zero attached hydrogens (tertiary/aromatic N) is 2. The highest BCUT2D eigenvalue weighted by Gasteiger charge is 2.21. The monoisotopic (exact) mass is 337 g/mol. The van der Waals surface area contributed by atoms with Crippen LogP contribution >= 0.6 is 22.9 Å². The molecule has 1 aliphatic rings. The van der Waals surface area contributed by atoms with Crippen molar-refractivity contribution in [1.29, 1.82) is 0 Å². The van der Waals surface area contributed by atoms with Gasteiger partial charge in [0, 0.05) is 24.5 Å². The summed E-state index contributed by atoms with van der Waals surface area (Å²) in [6.45, 7) is 4.07. The van der Waals surface area contributed by atoms with Gasteiger partial charge in [-0.2, -0.15) is 0 Å². The molecule has 1 fully saturated rings. The van der Waals surface area contributed by atoms with Crippen molar-refractivity contribution >= 4 is 33.8 Å². The van der Waals surface area contributed by atoms with Crippen LogP contribution in [0.3, 0.4) is 0 Å². The van der Waals surface area contributed by atoms with E-state index in [0.717, 1.165) is 48.0 Å². The summed E-state index contributed by atoms with van der Waals surface area (Å²) in [5, 5.41) is 16.7. The first-order valence-corrected chi connectivity index (χ1v) is 8.74. The molecule has 1 aliphatic heterocycles. The Labute approximate surface area is 139 Å². The largest absolute Gasteiger partial charge is 0.392 e. The molecule has 6 heteroatoms. The molecule has 2 aromatic rings. The Morgan fingerprint density at radius 3 is 2.82 bits per heavy atom. The maximum Gasteiger partial charge on any atom is 0.185 e. The Bertz CT molecular complexity index is 638. The Morgan fingerprint density at radius 2 is 2.18 bits per heavy atom. The number of thiazole rings is 1. The van der Waals surface area contributed by atoms with E-state index in [9.17, 15) is 5.11 Å². The number of aromatic nitrogens is 1. The van der Waals surface area contributed by atoms with Crippen molar-refractivity contribution in [3.63, 3.8) is 0 Å². The molecular formula is C16H20ClN3OS. The van der Waals surface area contributed by atoms with Crippen molar-refractivity contribution in [2.24, 2.45) is 0 Å². The quantitative estimate of drug-likeness (QED) is 0.893. The second-order valence-corrected chi connectivity index (χ2v) is 6.89. The summed E-state index contributed by atoms with van der Waals surface area (Å²) in [5.41, 5.74) is 2.88. The zero-order valence-corrected chi connectivity index (χ0v) is 14.1. The van der Waals surface area contributed by atoms with E-state index in [2.05, 4.69) is 20.6 Å². The highest BCUT2D eigenvalue weighted by atomic mass is 35.5. The van der Waals surface area contributed by atoms with E-state index in [1.807, 2.05) is 25.1 Å². The number of aliphatic hydroxyl groups excluding tert-OH is 1. The molecular weight excluding hydrogens is 318 g/mol. The first-order valence-electron chi connectivity index (χ1n) is 7.48. The fraction of sp³-hybridized carbons (Fsp3) is 0.438. The van der Waals surface area contributed by atoms with Crippen molar-refractivity contribution < 1.29 is 5.11 Å². The minimum Gasteiger partial charge on any atom is -0.392 e. The van der Waals surface area contributed by atoms with E-state index in [1.165, 1.54) is 0 Å². The Balaban J connectivity index is 1.60. The van der Waals surface area contributed by atoms with Crippen LogP contribution in [0, 0.1) is 6.92 Å². The molecule has 3 rings (SSSR count). The van der Waals surface area contributed by atoms with Crippen LogP contribution in [0.2, 0.25) is 5.02 Å². The van der Waals surface area contributed by atoms with E-state index in [-0.39, 0.29) is 6.61 Å². The zero-order valence-electron chi connectivity index (χ0n) is 12.6. The number of halogens is 1. The predicted molar refractivity (Wildman–Crippen MR) is 93.1 cm³/mol. The smallest absolute Gasteiger partial charge is 0.185 e. The minimum atomic E-state index is 0.0354. The summed E-state index contributed by atoms with van der Waals surface area (Å²) in [6, 6.07) is 6.02. The standard InChI is InChI=1S/C16H20ClN3OS/c1-11-10-22-16(18-11)20-6-4-13(5-7-20)19-15-8-12(9-21)2-3-14(15)17/h2-3,8,10,13,19,21H,4-7,9H2,1H3. The second-order valence-electron chi connectivity index (χ2n) is 5.65. The number of anilines is 2. The lowest BCUT2D eigenvalue weighted by Crippen LogP contribution is -2.39. The highest BCUT2D eigenvalue weighted by molar-refractivity contribution is 7.13. The van der Waals surface area contributed by atoms with Crippen LogP contribution in [0.15, 0.2) is 23.6 Å². The van der Waals surface area contributed by atoms with Crippen LogP contribution in [0.5, 0.6) is 0 Å². The van der Waals surface area contributed by atoms with Gasteiger partial charge in [0.15, 0.2) is 5.13 Å². The van der Waals surface area contributed by atoms with Crippen LogP contribution in [-0.2, 0) is 6.61 Å². The third kappa shape index (κ3) is 3.54. The normalized spacial score (nSPS) is 16.0. The van der Waals surface area contributed by atoms with Crippen LogP contribution < -0.4 is 10.2 Å². The lowest BCUT2D eigenvalue weighted by molar-refractivity contribution is 0.282. The van der Waals surface area contributed by atoms with Gasteiger partial charge in [0.2, 0.25) is 0 Å². The van der Waals surface area contributed by atoms with Gasteiger partial charge >= 0.3 is 0 Å². The van der Waals surface area contributed by atoms with Gasteiger partial charge in [-0.3, -0.25) is 0 Å². The van der Waals surface area contributed by atoms with Gasteiger partial charge in [0.1, 0.15) is 0 Å². The first kappa shape index (κ1) is 15.6. The Kier molecular flexibility index (Phi) is 4.86. The molecule has 0 spiro atoms. The third-order valence-electron chi connectivity index (χ3n) is 3.95. The molecule has 2 N–H and O–H groups in total. The molecule has 1 saturated heterocycles. The number of hydrogen-bond acceptors (Lipinski definition) is 5. The maximum absolute atomic E-state index is 9.24. The first-order chi connectivity index (χ1) is 10.7. The fourth-order valence-electron chi connectivity index (χ4n) is 2.70. The third-order valence-corrected chi connectivity index (χ3v) is 5.29. The Morgan fingerprint density at radius 1 is 1.41 bits per heavy atom. The number of nitrogens with one attached hydrogen (secondary N) is 1. The van der Waals surface area contributed by atoms with Gasteiger partial charge in [-0.1, -0.05) is 17.7 Å². The summed E-state index contributed by atoms with van der Waals surface area (Å²) in [6.07, 6.45) is 2.11. The second kappa shape index (κ2) is 6.86.